The first-order chi connectivity index (χ1) is 20.5. The number of carbonyl (C=O) groups excluding carboxylic acids is 7. The van der Waals surface area contributed by atoms with Crippen molar-refractivity contribution in [2.45, 2.75) is 109 Å². The van der Waals surface area contributed by atoms with Crippen molar-refractivity contribution in [2.24, 2.45) is 0 Å². The maximum atomic E-state index is 12.2. The van der Waals surface area contributed by atoms with Crippen LogP contribution < -0.4 is 0 Å². The van der Waals surface area contributed by atoms with Crippen molar-refractivity contribution in [2.75, 3.05) is 13.2 Å². The molecule has 0 aliphatic carbocycles. The Kier molecular flexibility index (Phi) is 13.8. The van der Waals surface area contributed by atoms with Gasteiger partial charge in [0.2, 0.25) is 0 Å². The zero-order chi connectivity index (χ0) is 33.3. The molecule has 18 heteroatoms. The standard InChI is InChI=1S/C26H36O17S/c1-10(27)34-8-17-19(36-12(3)29)21(37-13(4)30)23(39-15(6)32)25(41-17)43-20-18(9-35-11(2)28)42-26(44)24(40-16(7)33)22(20)38-14(5)31/h17-26,44H,8-9H2,1-7H3/t17-,18-,19+,20-,21+,22-,23-,24-,25-,26+/m1/s1. The third kappa shape index (κ3) is 10.9. The summed E-state index contributed by atoms with van der Waals surface area (Å²) >= 11 is 4.30. The molecule has 0 aromatic rings. The van der Waals surface area contributed by atoms with Gasteiger partial charge in [0.25, 0.3) is 0 Å². The molecule has 0 bridgehead atoms. The van der Waals surface area contributed by atoms with Gasteiger partial charge in [-0.3, -0.25) is 33.6 Å². The molecule has 0 N–H and O–H groups in total. The molecule has 2 fully saturated rings. The maximum Gasteiger partial charge on any atom is 0.303 e. The molecule has 2 rings (SSSR count). The van der Waals surface area contributed by atoms with E-state index in [-0.39, 0.29) is 0 Å². The summed E-state index contributed by atoms with van der Waals surface area (Å²) in [6.45, 7) is 6.50. The number of esters is 7. The summed E-state index contributed by atoms with van der Waals surface area (Å²) in [6, 6.07) is 0. The highest BCUT2D eigenvalue weighted by atomic mass is 32.1. The van der Waals surface area contributed by atoms with Gasteiger partial charge in [-0.25, -0.2) is 0 Å². The molecule has 0 amide bonds. The number of thiol groups is 1. The van der Waals surface area contributed by atoms with Crippen molar-refractivity contribution >= 4 is 54.4 Å². The van der Waals surface area contributed by atoms with Crippen LogP contribution in [0.1, 0.15) is 48.5 Å². The number of hydrogen-bond acceptors (Lipinski definition) is 18. The van der Waals surface area contributed by atoms with Gasteiger partial charge in [0, 0.05) is 48.5 Å². The lowest BCUT2D eigenvalue weighted by Crippen LogP contribution is -2.66. The first-order valence-corrected chi connectivity index (χ1v) is 13.8. The molecule has 2 heterocycles. The molecule has 248 valence electrons. The van der Waals surface area contributed by atoms with Crippen LogP contribution in [0.25, 0.3) is 0 Å². The summed E-state index contributed by atoms with van der Waals surface area (Å²) in [5, 5.41) is 0. The van der Waals surface area contributed by atoms with Crippen molar-refractivity contribution in [3.63, 3.8) is 0 Å². The minimum atomic E-state index is -1.74. The SMILES string of the molecule is CC(=O)OC[C@H]1O[C@H](O[C@H]2[C@@H](OC(C)=O)[C@@H](OC(C)=O)[C@H](S)O[C@@H]2COC(C)=O)[C@H](OC(C)=O)[C@@H](OC(C)=O)[C@H]1OC(C)=O. The van der Waals surface area contributed by atoms with E-state index in [1.807, 2.05) is 0 Å². The Bertz CT molecular complexity index is 1090. The molecule has 44 heavy (non-hydrogen) atoms. The normalized spacial score (nSPS) is 31.5. The molecule has 2 saturated heterocycles. The molecule has 0 unspecified atom stereocenters. The second kappa shape index (κ2) is 16.6. The molecule has 2 aliphatic rings. The summed E-state index contributed by atoms with van der Waals surface area (Å²) in [4.78, 5) is 83.7. The topological polar surface area (TPSA) is 212 Å². The van der Waals surface area contributed by atoms with Gasteiger partial charge in [-0.05, 0) is 0 Å². The second-order valence-corrected chi connectivity index (χ2v) is 10.2. The maximum absolute atomic E-state index is 12.2. The number of ether oxygens (including phenoxy) is 10. The van der Waals surface area contributed by atoms with Gasteiger partial charge >= 0.3 is 41.8 Å². The fourth-order valence-corrected chi connectivity index (χ4v) is 4.88. The quantitative estimate of drug-likeness (QED) is 0.170. The lowest BCUT2D eigenvalue weighted by atomic mass is 9.96. The average molecular weight is 653 g/mol. The van der Waals surface area contributed by atoms with Crippen molar-refractivity contribution < 1.29 is 80.9 Å². The summed E-state index contributed by atoms with van der Waals surface area (Å²) in [6.07, 6.45) is -13.4. The molecule has 0 aromatic carbocycles. The van der Waals surface area contributed by atoms with Crippen LogP contribution >= 0.6 is 12.6 Å². The van der Waals surface area contributed by atoms with Crippen LogP contribution in [0.15, 0.2) is 0 Å². The van der Waals surface area contributed by atoms with Crippen molar-refractivity contribution in [1.82, 2.24) is 0 Å². The predicted molar refractivity (Wildman–Crippen MR) is 142 cm³/mol. The lowest BCUT2D eigenvalue weighted by Gasteiger charge is -2.48. The molecule has 0 saturated carbocycles. The smallest absolute Gasteiger partial charge is 0.303 e. The summed E-state index contributed by atoms with van der Waals surface area (Å²) in [5.74, 6) is -5.69. The molecule has 17 nitrogen and oxygen atoms in total. The third-order valence-electron chi connectivity index (χ3n) is 5.90. The van der Waals surface area contributed by atoms with Gasteiger partial charge in [-0.15, -0.1) is 12.6 Å². The van der Waals surface area contributed by atoms with E-state index in [0.717, 1.165) is 48.5 Å². The minimum Gasteiger partial charge on any atom is -0.463 e. The largest absolute Gasteiger partial charge is 0.463 e. The number of carbonyl (C=O) groups is 7. The van der Waals surface area contributed by atoms with Crippen LogP contribution in [0.4, 0.5) is 0 Å². The first-order valence-electron chi connectivity index (χ1n) is 13.3. The van der Waals surface area contributed by atoms with Crippen LogP contribution in [-0.4, -0.2) is 116 Å². The van der Waals surface area contributed by atoms with Gasteiger partial charge in [-0.1, -0.05) is 0 Å². The molecular weight excluding hydrogens is 616 g/mol. The van der Waals surface area contributed by atoms with E-state index in [1.54, 1.807) is 0 Å². The van der Waals surface area contributed by atoms with Gasteiger partial charge < -0.3 is 47.4 Å². The average Bonchev–Trinajstić information content (AvgIpc) is 2.87. The molecule has 0 aromatic heterocycles. The highest BCUT2D eigenvalue weighted by molar-refractivity contribution is 7.80. The molecular formula is C26H36O17S. The number of rotatable bonds is 11. The van der Waals surface area contributed by atoms with Gasteiger partial charge in [-0.2, -0.15) is 0 Å². The van der Waals surface area contributed by atoms with Crippen LogP contribution in [0.3, 0.4) is 0 Å². The van der Waals surface area contributed by atoms with Crippen LogP contribution in [-0.2, 0) is 80.9 Å². The molecule has 10 atom stereocenters. The van der Waals surface area contributed by atoms with E-state index in [9.17, 15) is 33.6 Å². The summed E-state index contributed by atoms with van der Waals surface area (Å²) < 4.78 is 55.0. The van der Waals surface area contributed by atoms with Crippen molar-refractivity contribution in [3.05, 3.63) is 0 Å². The zero-order valence-electron chi connectivity index (χ0n) is 25.1. The molecule has 0 radical (unpaired) electrons. The fourth-order valence-electron chi connectivity index (χ4n) is 4.49. The van der Waals surface area contributed by atoms with E-state index >= 15 is 0 Å². The second-order valence-electron chi connectivity index (χ2n) is 9.68. The highest BCUT2D eigenvalue weighted by Gasteiger charge is 2.57. The Balaban J connectivity index is 2.66. The zero-order valence-corrected chi connectivity index (χ0v) is 26.0. The van der Waals surface area contributed by atoms with E-state index in [1.165, 1.54) is 0 Å². The Morgan fingerprint density at radius 2 is 0.841 bits per heavy atom. The highest BCUT2D eigenvalue weighted by Crippen LogP contribution is 2.35. The molecule has 0 spiro atoms. The molecule has 2 aliphatic heterocycles. The Morgan fingerprint density at radius 1 is 0.477 bits per heavy atom. The van der Waals surface area contributed by atoms with E-state index in [4.69, 9.17) is 47.4 Å². The van der Waals surface area contributed by atoms with E-state index < -0.39 is 116 Å². The summed E-state index contributed by atoms with van der Waals surface area (Å²) in [5.41, 5.74) is -1.21. The monoisotopic (exact) mass is 652 g/mol. The van der Waals surface area contributed by atoms with Crippen molar-refractivity contribution in [3.8, 4) is 0 Å². The summed E-state index contributed by atoms with van der Waals surface area (Å²) in [7, 11) is 0. The van der Waals surface area contributed by atoms with Gasteiger partial charge in [0.1, 0.15) is 37.0 Å². The fraction of sp³-hybridized carbons (Fsp3) is 0.731. The van der Waals surface area contributed by atoms with Gasteiger partial charge in [0.15, 0.2) is 36.8 Å². The minimum absolute atomic E-state index is 0.479. The Morgan fingerprint density at radius 3 is 1.27 bits per heavy atom. The van der Waals surface area contributed by atoms with Crippen LogP contribution in [0.2, 0.25) is 0 Å². The van der Waals surface area contributed by atoms with Gasteiger partial charge in [0.05, 0.1) is 0 Å². The van der Waals surface area contributed by atoms with Crippen LogP contribution in [0.5, 0.6) is 0 Å². The van der Waals surface area contributed by atoms with E-state index in [0.29, 0.717) is 0 Å². The predicted octanol–water partition coefficient (Wildman–Crippen LogP) is -0.464. The lowest BCUT2D eigenvalue weighted by molar-refractivity contribution is -0.341. The van der Waals surface area contributed by atoms with Crippen molar-refractivity contribution in [1.29, 1.82) is 0 Å². The number of hydrogen-bond donors (Lipinski definition) is 1. The first kappa shape index (κ1) is 36.7. The van der Waals surface area contributed by atoms with E-state index in [2.05, 4.69) is 12.6 Å². The third-order valence-corrected chi connectivity index (χ3v) is 6.32. The Labute approximate surface area is 257 Å². The Hall–Kier alpha value is -3.48. The van der Waals surface area contributed by atoms with Crippen LogP contribution in [0, 0.1) is 0 Å².